The van der Waals surface area contributed by atoms with Crippen LogP contribution < -0.4 is 14.8 Å². The molecule has 0 unspecified atom stereocenters. The van der Waals surface area contributed by atoms with Crippen molar-refractivity contribution in [1.29, 1.82) is 0 Å². The molecule has 10 heteroatoms. The topological polar surface area (TPSA) is 106 Å². The van der Waals surface area contributed by atoms with E-state index in [-0.39, 0.29) is 25.2 Å². The van der Waals surface area contributed by atoms with Crippen LogP contribution in [-0.2, 0) is 9.53 Å². The summed E-state index contributed by atoms with van der Waals surface area (Å²) in [6, 6.07) is 6.64. The van der Waals surface area contributed by atoms with Gasteiger partial charge < -0.3 is 29.0 Å². The Morgan fingerprint density at radius 1 is 1.17 bits per heavy atom. The summed E-state index contributed by atoms with van der Waals surface area (Å²) in [4.78, 5) is 29.5. The SMILES string of the molecule is Cc1cc(NC(=O)CN(CCN2CCOCC2)C(=O)c2ccc3c(c2)OCO3)no1. The molecule has 1 N–H and O–H groups in total. The second kappa shape index (κ2) is 9.14. The number of nitrogens with zero attached hydrogens (tertiary/aromatic N) is 3. The first-order valence-electron chi connectivity index (χ1n) is 9.81. The lowest BCUT2D eigenvalue weighted by Gasteiger charge is -2.30. The molecule has 2 amide bonds. The number of anilines is 1. The lowest BCUT2D eigenvalue weighted by molar-refractivity contribution is -0.117. The lowest BCUT2D eigenvalue weighted by Crippen LogP contribution is -2.45. The molecule has 30 heavy (non-hydrogen) atoms. The molecule has 2 aromatic rings. The molecule has 2 aliphatic heterocycles. The van der Waals surface area contributed by atoms with Crippen LogP contribution >= 0.6 is 0 Å². The quantitative estimate of drug-likeness (QED) is 0.716. The third-order valence-corrected chi connectivity index (χ3v) is 4.93. The van der Waals surface area contributed by atoms with E-state index in [1.165, 1.54) is 4.90 Å². The normalized spacial score (nSPS) is 15.8. The second-order valence-electron chi connectivity index (χ2n) is 7.12. The van der Waals surface area contributed by atoms with Crippen molar-refractivity contribution in [2.45, 2.75) is 6.92 Å². The molecular weight excluding hydrogens is 392 g/mol. The number of aromatic nitrogens is 1. The van der Waals surface area contributed by atoms with E-state index in [4.69, 9.17) is 18.7 Å². The molecule has 2 aliphatic rings. The van der Waals surface area contributed by atoms with E-state index in [2.05, 4.69) is 15.4 Å². The molecule has 1 aromatic heterocycles. The average Bonchev–Trinajstić information content (AvgIpc) is 3.39. The Morgan fingerprint density at radius 3 is 2.73 bits per heavy atom. The van der Waals surface area contributed by atoms with Gasteiger partial charge in [-0.05, 0) is 25.1 Å². The molecule has 0 aliphatic carbocycles. The monoisotopic (exact) mass is 416 g/mol. The van der Waals surface area contributed by atoms with Crippen molar-refractivity contribution < 1.29 is 28.3 Å². The van der Waals surface area contributed by atoms with E-state index in [9.17, 15) is 9.59 Å². The molecule has 1 saturated heterocycles. The van der Waals surface area contributed by atoms with Gasteiger partial charge in [0.25, 0.3) is 5.91 Å². The van der Waals surface area contributed by atoms with Gasteiger partial charge in [-0.1, -0.05) is 5.16 Å². The molecular formula is C20H24N4O6. The number of carbonyl (C=O) groups is 2. The summed E-state index contributed by atoms with van der Waals surface area (Å²) in [6.45, 7) is 5.75. The summed E-state index contributed by atoms with van der Waals surface area (Å²) in [7, 11) is 0. The highest BCUT2D eigenvalue weighted by atomic mass is 16.7. The Kier molecular flexibility index (Phi) is 6.15. The van der Waals surface area contributed by atoms with Crippen LogP contribution in [0.4, 0.5) is 5.82 Å². The number of benzene rings is 1. The molecule has 0 spiro atoms. The average molecular weight is 416 g/mol. The van der Waals surface area contributed by atoms with Crippen LogP contribution in [0.1, 0.15) is 16.1 Å². The zero-order valence-electron chi connectivity index (χ0n) is 16.8. The van der Waals surface area contributed by atoms with Gasteiger partial charge >= 0.3 is 0 Å². The fourth-order valence-corrected chi connectivity index (χ4v) is 3.33. The van der Waals surface area contributed by atoms with Crippen molar-refractivity contribution in [3.63, 3.8) is 0 Å². The predicted octanol–water partition coefficient (Wildman–Crippen LogP) is 1.12. The Balaban J connectivity index is 1.45. The number of hydrogen-bond acceptors (Lipinski definition) is 8. The minimum absolute atomic E-state index is 0.108. The summed E-state index contributed by atoms with van der Waals surface area (Å²) < 4.78 is 21.0. The van der Waals surface area contributed by atoms with Crippen LogP contribution in [0.3, 0.4) is 0 Å². The number of amides is 2. The highest BCUT2D eigenvalue weighted by molar-refractivity contribution is 5.99. The number of morpholine rings is 1. The predicted molar refractivity (Wildman–Crippen MR) is 106 cm³/mol. The first-order chi connectivity index (χ1) is 14.6. The number of fused-ring (bicyclic) bond motifs is 1. The molecule has 0 bridgehead atoms. The van der Waals surface area contributed by atoms with Crippen LogP contribution in [0.15, 0.2) is 28.8 Å². The number of nitrogens with one attached hydrogen (secondary N) is 1. The first-order valence-corrected chi connectivity index (χ1v) is 9.81. The van der Waals surface area contributed by atoms with Gasteiger partial charge in [0, 0.05) is 37.8 Å². The molecule has 0 atom stereocenters. The number of rotatable bonds is 7. The zero-order valence-corrected chi connectivity index (χ0v) is 16.8. The zero-order chi connectivity index (χ0) is 20.9. The summed E-state index contributed by atoms with van der Waals surface area (Å²) in [5.74, 6) is 1.43. The largest absolute Gasteiger partial charge is 0.454 e. The third-order valence-electron chi connectivity index (χ3n) is 4.93. The van der Waals surface area contributed by atoms with Crippen LogP contribution in [-0.4, -0.2) is 79.5 Å². The standard InChI is InChI=1S/C20H24N4O6/c1-14-10-18(22-30-14)21-19(25)12-24(5-4-23-6-8-27-9-7-23)20(26)15-2-3-16-17(11-15)29-13-28-16/h2-3,10-11H,4-9,12-13H2,1H3,(H,21,22,25). The minimum atomic E-state index is -0.348. The maximum absolute atomic E-state index is 13.2. The van der Waals surface area contributed by atoms with Crippen molar-refractivity contribution in [2.75, 3.05) is 58.0 Å². The second-order valence-corrected chi connectivity index (χ2v) is 7.12. The van der Waals surface area contributed by atoms with E-state index in [1.54, 1.807) is 31.2 Å². The fraction of sp³-hybridized carbons (Fsp3) is 0.450. The lowest BCUT2D eigenvalue weighted by atomic mass is 10.1. The van der Waals surface area contributed by atoms with Gasteiger partial charge in [0.15, 0.2) is 17.3 Å². The summed E-state index contributed by atoms with van der Waals surface area (Å²) in [5, 5.41) is 6.43. The smallest absolute Gasteiger partial charge is 0.254 e. The van der Waals surface area contributed by atoms with E-state index in [0.717, 1.165) is 13.1 Å². The Morgan fingerprint density at radius 2 is 1.97 bits per heavy atom. The molecule has 160 valence electrons. The van der Waals surface area contributed by atoms with Crippen LogP contribution in [0, 0.1) is 6.92 Å². The van der Waals surface area contributed by atoms with E-state index in [1.807, 2.05) is 0 Å². The highest BCUT2D eigenvalue weighted by Gasteiger charge is 2.23. The minimum Gasteiger partial charge on any atom is -0.454 e. The van der Waals surface area contributed by atoms with Crippen LogP contribution in [0.2, 0.25) is 0 Å². The van der Waals surface area contributed by atoms with Gasteiger partial charge in [-0.15, -0.1) is 0 Å². The maximum Gasteiger partial charge on any atom is 0.254 e. The van der Waals surface area contributed by atoms with E-state index >= 15 is 0 Å². The molecule has 0 saturated carbocycles. The summed E-state index contributed by atoms with van der Waals surface area (Å²) in [5.41, 5.74) is 0.436. The molecule has 3 heterocycles. The Bertz CT molecular complexity index is 908. The van der Waals surface area contributed by atoms with Gasteiger partial charge in [-0.2, -0.15) is 0 Å². The fourth-order valence-electron chi connectivity index (χ4n) is 3.33. The van der Waals surface area contributed by atoms with Gasteiger partial charge in [-0.3, -0.25) is 14.5 Å². The van der Waals surface area contributed by atoms with Crippen molar-refractivity contribution in [2.24, 2.45) is 0 Å². The number of carbonyl (C=O) groups excluding carboxylic acids is 2. The van der Waals surface area contributed by atoms with Gasteiger partial charge in [0.1, 0.15) is 12.3 Å². The maximum atomic E-state index is 13.2. The van der Waals surface area contributed by atoms with Crippen LogP contribution in [0.25, 0.3) is 0 Å². The summed E-state index contributed by atoms with van der Waals surface area (Å²) >= 11 is 0. The van der Waals surface area contributed by atoms with Crippen molar-refractivity contribution in [3.8, 4) is 11.5 Å². The highest BCUT2D eigenvalue weighted by Crippen LogP contribution is 2.32. The number of aryl methyl sites for hydroxylation is 1. The van der Waals surface area contributed by atoms with E-state index < -0.39 is 0 Å². The van der Waals surface area contributed by atoms with Crippen molar-refractivity contribution >= 4 is 17.6 Å². The molecule has 1 fully saturated rings. The van der Waals surface area contributed by atoms with Crippen LogP contribution in [0.5, 0.6) is 11.5 Å². The van der Waals surface area contributed by atoms with Crippen molar-refractivity contribution in [1.82, 2.24) is 15.0 Å². The summed E-state index contributed by atoms with van der Waals surface area (Å²) in [6.07, 6.45) is 0. The molecule has 1 aromatic carbocycles. The third kappa shape index (κ3) is 4.89. The van der Waals surface area contributed by atoms with E-state index in [0.29, 0.717) is 54.9 Å². The molecule has 4 rings (SSSR count). The van der Waals surface area contributed by atoms with Crippen molar-refractivity contribution in [3.05, 3.63) is 35.6 Å². The van der Waals surface area contributed by atoms with Gasteiger partial charge in [0.2, 0.25) is 12.7 Å². The van der Waals surface area contributed by atoms with Gasteiger partial charge in [0.05, 0.1) is 13.2 Å². The molecule has 10 nitrogen and oxygen atoms in total. The number of hydrogen-bond donors (Lipinski definition) is 1. The van der Waals surface area contributed by atoms with Gasteiger partial charge in [-0.25, -0.2) is 0 Å². The molecule has 0 radical (unpaired) electrons. The Labute approximate surface area is 173 Å². The first kappa shape index (κ1) is 20.2. The Hall–Kier alpha value is -3.11. The number of ether oxygens (including phenoxy) is 3.